The summed E-state index contributed by atoms with van der Waals surface area (Å²) < 4.78 is 104. The van der Waals surface area contributed by atoms with Crippen molar-refractivity contribution in [3.63, 3.8) is 0 Å². The topological polar surface area (TPSA) is 68.1 Å². The molecule has 8 nitrogen and oxygen atoms in total. The molecule has 0 unspecified atom stereocenters. The lowest BCUT2D eigenvalue weighted by Crippen LogP contribution is -2.32. The van der Waals surface area contributed by atoms with Gasteiger partial charge in [0.25, 0.3) is 0 Å². The summed E-state index contributed by atoms with van der Waals surface area (Å²) in [6, 6.07) is 36.9. The summed E-state index contributed by atoms with van der Waals surface area (Å²) in [5.74, 6) is 0.341. The molecule has 16 aromatic rings. The van der Waals surface area contributed by atoms with Crippen LogP contribution in [0.5, 0.6) is 0 Å². The number of benzene rings is 8. The molecule has 0 aliphatic heterocycles. The van der Waals surface area contributed by atoms with Gasteiger partial charge in [-0.1, -0.05) is 91.8 Å². The highest BCUT2D eigenvalue weighted by atomic mass is 19.1. The number of hydrogen-bond donors (Lipinski definition) is 0. The number of aromatic nitrogens is 4. The first-order valence-electron chi connectivity index (χ1n) is 37.3. The molecular weight excluding hydrogens is 1360 g/mol. The van der Waals surface area contributed by atoms with Gasteiger partial charge in [-0.05, 0) is 198 Å². The van der Waals surface area contributed by atoms with Crippen molar-refractivity contribution >= 4 is 87.8 Å². The van der Waals surface area contributed by atoms with Gasteiger partial charge in [-0.25, -0.2) is 40.2 Å². The first kappa shape index (κ1) is 75.4. The fourth-order valence-corrected chi connectivity index (χ4v) is 16.2. The van der Waals surface area contributed by atoms with Crippen LogP contribution in [0.3, 0.4) is 0 Å². The van der Waals surface area contributed by atoms with Crippen molar-refractivity contribution in [1.82, 2.24) is 0 Å². The Bertz CT molecular complexity index is 6250. The molecule has 0 spiro atoms. The van der Waals surface area contributed by atoms with Crippen molar-refractivity contribution in [2.45, 2.75) is 155 Å². The molecule has 0 aliphatic rings. The van der Waals surface area contributed by atoms with Gasteiger partial charge in [-0.3, -0.25) is 0 Å². The Hall–Kier alpha value is -10.8. The standard InChI is InChI=1S/3C24H25FNO.C23H22F2NO/c1-13(2)19-12-26(6)20(10-15(19)4)23-14(3)7-8-18-22-16(5)9-17(25)11-21(22)27-24(18)23;1-13(2)19-12-26(6)21(10-15(19)4)23-14(3)7-8-17-18-9-16(5)20(25)11-22(18)27-24(17)23;1-13(2)19-12-26(6)21(11-15(19)4)22-14(3)7-8-18-17-9-10-20(25)16(5)23(17)27-24(18)22;1-12(2)17-11-26(5)19(9-13(17)3)21-14(4)8-18(25)22-16-7-6-15(24)10-20(16)27-23(21)22/h3*7-13H,1-6H3;6-12H,1-5H3/q4*+1. The van der Waals surface area contributed by atoms with Gasteiger partial charge < -0.3 is 17.7 Å². The molecule has 8 heterocycles. The van der Waals surface area contributed by atoms with Crippen LogP contribution in [0, 0.1) is 105 Å². The zero-order valence-corrected chi connectivity index (χ0v) is 66.5. The summed E-state index contributed by atoms with van der Waals surface area (Å²) in [5, 5.41) is 6.99. The SMILES string of the molecule is Cc1cc(-c2c(C)cc(F)c3c2oc2cc(F)ccc23)[n+](C)cc1C(C)C.Cc1cc(-c2c(C)ccc3c2oc2c(C)c(F)ccc23)[n+](C)cc1C(C)C.Cc1cc(-c2c(C)ccc3c2oc2cc(F)cc(C)c23)[n+](C)cc1C(C)C.Cc1cc2c(cc1F)oc1c(-c3cc(C)c(C(C)C)c[n+]3C)c(C)ccc12. The van der Waals surface area contributed by atoms with Crippen LogP contribution in [0.25, 0.3) is 133 Å². The molecule has 0 fully saturated rings. The van der Waals surface area contributed by atoms with Crippen molar-refractivity contribution in [3.05, 3.63) is 259 Å². The molecule has 0 atom stereocenters. The van der Waals surface area contributed by atoms with E-state index in [0.29, 0.717) is 73.5 Å². The van der Waals surface area contributed by atoms with Crippen molar-refractivity contribution in [2.75, 3.05) is 0 Å². The van der Waals surface area contributed by atoms with Crippen LogP contribution in [0.1, 0.15) is 163 Å². The molecule has 0 N–H and O–H groups in total. The number of furan rings is 4. The largest absolute Gasteiger partial charge is 0.455 e. The van der Waals surface area contributed by atoms with E-state index < -0.39 is 5.82 Å². The number of aryl methyl sites for hydroxylation is 15. The molecule has 108 heavy (non-hydrogen) atoms. The van der Waals surface area contributed by atoms with Crippen molar-refractivity contribution in [2.24, 2.45) is 28.2 Å². The number of rotatable bonds is 8. The predicted molar refractivity (Wildman–Crippen MR) is 430 cm³/mol. The number of hydrogen-bond acceptors (Lipinski definition) is 4. The smallest absolute Gasteiger partial charge is 0.216 e. The lowest BCUT2D eigenvalue weighted by molar-refractivity contribution is -0.661. The number of fused-ring (bicyclic) bond motifs is 12. The van der Waals surface area contributed by atoms with E-state index in [9.17, 15) is 22.0 Å². The molecule has 0 saturated carbocycles. The highest BCUT2D eigenvalue weighted by Gasteiger charge is 2.30. The van der Waals surface area contributed by atoms with E-state index in [0.717, 1.165) is 122 Å². The van der Waals surface area contributed by atoms with E-state index in [2.05, 4.69) is 229 Å². The lowest BCUT2D eigenvalue weighted by atomic mass is 9.95. The van der Waals surface area contributed by atoms with E-state index in [4.69, 9.17) is 17.7 Å². The Balaban J connectivity index is 0.000000127. The molecule has 0 radical (unpaired) electrons. The highest BCUT2D eigenvalue weighted by Crippen LogP contribution is 2.44. The van der Waals surface area contributed by atoms with Gasteiger partial charge in [0, 0.05) is 108 Å². The first-order chi connectivity index (χ1) is 51.1. The Kier molecular flexibility index (Phi) is 20.3. The maximum absolute atomic E-state index is 14.8. The van der Waals surface area contributed by atoms with E-state index in [1.807, 2.05) is 33.0 Å². The van der Waals surface area contributed by atoms with Crippen molar-refractivity contribution < 1.29 is 57.9 Å². The highest BCUT2D eigenvalue weighted by molar-refractivity contribution is 6.14. The average Bonchev–Trinajstić information content (AvgIpc) is 1.59. The molecule has 0 saturated heterocycles. The number of halogens is 5. The van der Waals surface area contributed by atoms with Crippen LogP contribution in [0.4, 0.5) is 22.0 Å². The second-order valence-corrected chi connectivity index (χ2v) is 31.2. The third kappa shape index (κ3) is 13.5. The lowest BCUT2D eigenvalue weighted by Gasteiger charge is -2.12. The molecule has 0 aliphatic carbocycles. The Labute approximate surface area is 629 Å². The summed E-state index contributed by atoms with van der Waals surface area (Å²) in [7, 11) is 8.21. The monoisotopic (exact) mass is 1450 g/mol. The molecule has 13 heteroatoms. The fraction of sp³-hybridized carbons (Fsp3) is 0.284. The summed E-state index contributed by atoms with van der Waals surface area (Å²) in [5.41, 5.74) is 30.0. The van der Waals surface area contributed by atoms with E-state index in [1.165, 1.54) is 80.9 Å². The normalized spacial score (nSPS) is 11.9. The maximum Gasteiger partial charge on any atom is 0.216 e. The minimum atomic E-state index is -0.400. The van der Waals surface area contributed by atoms with E-state index in [1.54, 1.807) is 26.0 Å². The Morgan fingerprint density at radius 3 is 1.10 bits per heavy atom. The summed E-state index contributed by atoms with van der Waals surface area (Å²) in [4.78, 5) is 0. The maximum atomic E-state index is 14.8. The third-order valence-electron chi connectivity index (χ3n) is 21.9. The van der Waals surface area contributed by atoms with Crippen molar-refractivity contribution in [1.29, 1.82) is 0 Å². The number of pyridine rings is 4. The van der Waals surface area contributed by atoms with Gasteiger partial charge in [0.05, 0.1) is 27.6 Å². The van der Waals surface area contributed by atoms with Crippen LogP contribution in [0.2, 0.25) is 0 Å². The van der Waals surface area contributed by atoms with Crippen LogP contribution in [-0.4, -0.2) is 0 Å². The average molecular weight is 1450 g/mol. The van der Waals surface area contributed by atoms with Gasteiger partial charge in [0.15, 0.2) is 30.4 Å². The van der Waals surface area contributed by atoms with Gasteiger partial charge >= 0.3 is 0 Å². The van der Waals surface area contributed by atoms with Crippen LogP contribution in [-0.2, 0) is 28.2 Å². The second-order valence-electron chi connectivity index (χ2n) is 31.2. The molecule has 16 rings (SSSR count). The Morgan fingerprint density at radius 2 is 0.630 bits per heavy atom. The van der Waals surface area contributed by atoms with E-state index in [-0.39, 0.29) is 23.3 Å². The molecule has 0 amide bonds. The summed E-state index contributed by atoms with van der Waals surface area (Å²) >= 11 is 0. The van der Waals surface area contributed by atoms with Crippen LogP contribution < -0.4 is 18.3 Å². The third-order valence-corrected chi connectivity index (χ3v) is 21.9. The molecule has 8 aromatic carbocycles. The van der Waals surface area contributed by atoms with Crippen LogP contribution >= 0.6 is 0 Å². The molecule has 8 aromatic heterocycles. The molecule has 0 bridgehead atoms. The predicted octanol–water partition coefficient (Wildman–Crippen LogP) is 24.9. The van der Waals surface area contributed by atoms with Crippen molar-refractivity contribution in [3.8, 4) is 45.0 Å². The Morgan fingerprint density at radius 1 is 0.259 bits per heavy atom. The summed E-state index contributed by atoms with van der Waals surface area (Å²) in [6.07, 6.45) is 8.74. The van der Waals surface area contributed by atoms with Gasteiger partial charge in [-0.2, -0.15) is 0 Å². The summed E-state index contributed by atoms with van der Waals surface area (Å²) in [6.45, 7) is 39.8. The zero-order valence-electron chi connectivity index (χ0n) is 66.5. The van der Waals surface area contributed by atoms with Gasteiger partial charge in [0.1, 0.15) is 96.4 Å². The van der Waals surface area contributed by atoms with Gasteiger partial charge in [-0.15, -0.1) is 0 Å². The minimum absolute atomic E-state index is 0.234. The first-order valence-corrected chi connectivity index (χ1v) is 37.3. The second kappa shape index (κ2) is 29.1. The minimum Gasteiger partial charge on any atom is -0.455 e. The molecular formula is C95H97F5N4O4+4. The van der Waals surface area contributed by atoms with Gasteiger partial charge in [0.2, 0.25) is 22.8 Å². The van der Waals surface area contributed by atoms with E-state index >= 15 is 0 Å². The van der Waals surface area contributed by atoms with Crippen LogP contribution in [0.15, 0.2) is 164 Å². The molecule has 552 valence electrons. The zero-order chi connectivity index (χ0) is 77.8. The fourth-order valence-electron chi connectivity index (χ4n) is 16.2. The quantitative estimate of drug-likeness (QED) is 0.112. The number of nitrogens with zero attached hydrogens (tertiary/aromatic N) is 4.